The first-order valence-corrected chi connectivity index (χ1v) is 26.8. The van der Waals surface area contributed by atoms with Gasteiger partial charge in [-0.2, -0.15) is 0 Å². The van der Waals surface area contributed by atoms with Gasteiger partial charge in [-0.25, -0.2) is 0 Å². The van der Waals surface area contributed by atoms with E-state index in [1.165, 1.54) is 86.0 Å². The van der Waals surface area contributed by atoms with E-state index in [9.17, 15) is 24.0 Å². The summed E-state index contributed by atoms with van der Waals surface area (Å²) >= 11 is 0. The maximum Gasteiger partial charge on any atom is 0.303 e. The average Bonchev–Trinajstić information content (AvgIpc) is 3.65. The molecule has 0 spiro atoms. The van der Waals surface area contributed by atoms with Gasteiger partial charge < -0.3 is 47.4 Å². The van der Waals surface area contributed by atoms with Crippen molar-refractivity contribution in [2.24, 2.45) is 52.3 Å². The Labute approximate surface area is 422 Å². The Morgan fingerprint density at radius 3 is 1.89 bits per heavy atom. The summed E-state index contributed by atoms with van der Waals surface area (Å²) in [6.07, 6.45) is 1.41. The number of ether oxygens (including phenoxy) is 10. The van der Waals surface area contributed by atoms with Gasteiger partial charge in [0.1, 0.15) is 18.8 Å². The van der Waals surface area contributed by atoms with E-state index in [2.05, 4.69) is 34.6 Å². The van der Waals surface area contributed by atoms with Crippen molar-refractivity contribution in [3.8, 4) is 0 Å². The monoisotopic (exact) mass is 997 g/mol. The fraction of sp³-hybridized carbons (Fsp3) is 0.804. The summed E-state index contributed by atoms with van der Waals surface area (Å²) in [5.74, 6) is 1.51. The van der Waals surface area contributed by atoms with Crippen LogP contribution in [0.4, 0.5) is 0 Å². The third kappa shape index (κ3) is 12.8. The van der Waals surface area contributed by atoms with Gasteiger partial charge >= 0.3 is 29.8 Å². The molecule has 398 valence electrons. The summed E-state index contributed by atoms with van der Waals surface area (Å²) in [7, 11) is 0. The molecule has 0 N–H and O–H groups in total. The molecule has 71 heavy (non-hydrogen) atoms. The van der Waals surface area contributed by atoms with Crippen LogP contribution in [0.25, 0.3) is 0 Å². The van der Waals surface area contributed by atoms with E-state index in [-0.39, 0.29) is 24.7 Å². The first-order valence-electron chi connectivity index (χ1n) is 26.8. The highest BCUT2D eigenvalue weighted by Crippen LogP contribution is 2.68. The van der Waals surface area contributed by atoms with Crippen LogP contribution in [0.5, 0.6) is 0 Å². The highest BCUT2D eigenvalue weighted by molar-refractivity contribution is 5.68. The van der Waals surface area contributed by atoms with E-state index >= 15 is 0 Å². The number of benzene rings is 1. The predicted molar refractivity (Wildman–Crippen MR) is 260 cm³/mol. The second kappa shape index (κ2) is 23.7. The quantitative estimate of drug-likeness (QED) is 0.0772. The molecule has 4 aliphatic carbocycles. The zero-order valence-corrected chi connectivity index (χ0v) is 44.3. The summed E-state index contributed by atoms with van der Waals surface area (Å²) in [5.41, 5.74) is 1.33. The van der Waals surface area contributed by atoms with E-state index in [0.29, 0.717) is 17.3 Å². The summed E-state index contributed by atoms with van der Waals surface area (Å²) in [5, 5.41) is 0. The third-order valence-corrected chi connectivity index (χ3v) is 17.7. The largest absolute Gasteiger partial charge is 0.463 e. The lowest BCUT2D eigenvalue weighted by Gasteiger charge is -2.61. The summed E-state index contributed by atoms with van der Waals surface area (Å²) in [6, 6.07) is 9.31. The van der Waals surface area contributed by atoms with Gasteiger partial charge in [0, 0.05) is 34.6 Å². The third-order valence-electron chi connectivity index (χ3n) is 17.7. The number of carbonyl (C=O) groups is 5. The first-order chi connectivity index (χ1) is 33.7. The Balaban J connectivity index is 1.16. The highest BCUT2D eigenvalue weighted by Gasteiger charge is 2.62. The number of carbonyl (C=O) groups excluding carboxylic acids is 5. The van der Waals surface area contributed by atoms with Gasteiger partial charge in [-0.1, -0.05) is 84.2 Å². The Hall–Kier alpha value is -3.63. The Morgan fingerprint density at radius 1 is 0.634 bits per heavy atom. The van der Waals surface area contributed by atoms with Crippen LogP contribution >= 0.6 is 0 Å². The molecule has 0 aromatic heterocycles. The van der Waals surface area contributed by atoms with E-state index in [1.807, 2.05) is 30.3 Å². The predicted octanol–water partition coefficient (Wildman–Crippen LogP) is 9.22. The molecule has 1 aromatic rings. The molecule has 0 radical (unpaired) electrons. The zero-order valence-electron chi connectivity index (χ0n) is 44.3. The molecular weight excluding hydrogens is 913 g/mol. The van der Waals surface area contributed by atoms with Gasteiger partial charge in [-0.05, 0) is 123 Å². The van der Waals surface area contributed by atoms with Crippen molar-refractivity contribution in [1.82, 2.24) is 0 Å². The van der Waals surface area contributed by atoms with E-state index < -0.39 is 91.3 Å². The molecule has 6 fully saturated rings. The minimum atomic E-state index is -1.38. The molecule has 15 nitrogen and oxygen atoms in total. The lowest BCUT2D eigenvalue weighted by molar-refractivity contribution is -0.375. The van der Waals surface area contributed by atoms with Crippen LogP contribution in [-0.2, 0) is 77.9 Å². The van der Waals surface area contributed by atoms with Crippen LogP contribution in [0.2, 0.25) is 0 Å². The molecule has 1 aromatic carbocycles. The fourth-order valence-electron chi connectivity index (χ4n) is 14.5. The van der Waals surface area contributed by atoms with Crippen molar-refractivity contribution in [3.63, 3.8) is 0 Å². The van der Waals surface area contributed by atoms with Gasteiger partial charge in [-0.3, -0.25) is 24.0 Å². The Morgan fingerprint density at radius 2 is 1.24 bits per heavy atom. The van der Waals surface area contributed by atoms with Crippen molar-refractivity contribution in [1.29, 1.82) is 0 Å². The maximum absolute atomic E-state index is 13.1. The number of esters is 5. The molecule has 0 amide bonds. The number of rotatable bonds is 18. The topological polar surface area (TPSA) is 178 Å². The molecule has 6 aliphatic rings. The summed E-state index contributed by atoms with van der Waals surface area (Å²) < 4.78 is 62.6. The molecule has 2 saturated heterocycles. The highest BCUT2D eigenvalue weighted by atomic mass is 16.8. The lowest BCUT2D eigenvalue weighted by atomic mass is 9.44. The van der Waals surface area contributed by atoms with Crippen molar-refractivity contribution in [2.75, 3.05) is 6.61 Å². The molecule has 2 heterocycles. The lowest BCUT2D eigenvalue weighted by Crippen LogP contribution is -2.66. The second-order valence-electron chi connectivity index (χ2n) is 22.9. The minimum absolute atomic E-state index is 0.0187. The van der Waals surface area contributed by atoms with Crippen molar-refractivity contribution in [2.45, 2.75) is 227 Å². The molecule has 19 atom stereocenters. The van der Waals surface area contributed by atoms with Gasteiger partial charge in [0.25, 0.3) is 0 Å². The smallest absolute Gasteiger partial charge is 0.303 e. The number of hydrogen-bond donors (Lipinski definition) is 0. The van der Waals surface area contributed by atoms with Crippen LogP contribution in [0.15, 0.2) is 30.3 Å². The molecule has 4 saturated carbocycles. The molecule has 7 rings (SSSR count). The average molecular weight is 997 g/mol. The zero-order chi connectivity index (χ0) is 51.4. The minimum Gasteiger partial charge on any atom is -0.463 e. The van der Waals surface area contributed by atoms with Crippen LogP contribution in [0.1, 0.15) is 159 Å². The van der Waals surface area contributed by atoms with Gasteiger partial charge in [0.15, 0.2) is 43.1 Å². The number of hydrogen-bond acceptors (Lipinski definition) is 15. The summed E-state index contributed by atoms with van der Waals surface area (Å²) in [4.78, 5) is 63.4. The number of fused-ring (bicyclic) bond motifs is 5. The van der Waals surface area contributed by atoms with Gasteiger partial charge in [0.2, 0.25) is 0 Å². The first kappa shape index (κ1) is 55.1. The molecule has 0 unspecified atom stereocenters. The van der Waals surface area contributed by atoms with E-state index in [0.717, 1.165) is 60.8 Å². The van der Waals surface area contributed by atoms with Crippen molar-refractivity contribution in [3.05, 3.63) is 35.9 Å². The molecule has 2 aliphatic heterocycles. The Bertz CT molecular complexity index is 1980. The van der Waals surface area contributed by atoms with Crippen LogP contribution in [0.3, 0.4) is 0 Å². The van der Waals surface area contributed by atoms with Gasteiger partial charge in [-0.15, -0.1) is 0 Å². The second-order valence-corrected chi connectivity index (χ2v) is 22.9. The van der Waals surface area contributed by atoms with E-state index in [1.54, 1.807) is 6.92 Å². The van der Waals surface area contributed by atoms with Crippen molar-refractivity contribution < 1.29 is 71.3 Å². The van der Waals surface area contributed by atoms with Crippen LogP contribution in [-0.4, -0.2) is 104 Å². The normalized spacial score (nSPS) is 39.2. The maximum atomic E-state index is 13.1. The molecule has 0 bridgehead atoms. The SMILES string of the molecule is CC(=O)OC[C@H]1O[C@@H](O[C@H]2CC[C@@]3(C)[C@@H](CC[C@@H]4[C@@H]3CC[C@]3(C)[C@@H]([C@H](C)CCCC(C)C)CC[C@@H]43)C2)[C@H](O[C@@H]2O[C@@H](C)[C@H](OC(C)=O)[C@@H](OC(C)=O)[C@H]2OCc2ccccc2)[C@@H](OC(C)=O)[C@@H]1OC(C)=O. The Kier molecular flexibility index (Phi) is 18.4. The standard InChI is InChI=1S/C56H84O15/c1-31(2)16-15-17-32(3)43-22-23-44-42-21-20-40-28-41(24-26-55(40,10)45(42)25-27-56(43,44)11)69-54-52(50(68-38(9)61)48(66-36(7)59)46(70-54)30-62-34(5)57)71-53-51(63-29-39-18-13-12-14-19-39)49(67-37(8)60)47(33(4)64-53)65-35(6)58/h12-14,18-19,31-33,40-54H,15-17,20-30H2,1-11H3/t32-,33+,40+,41+,42+,43-,44+,45+,46-,47+,48-,49-,50+,51-,52-,53+,54-,55+,56-/m1/s1. The summed E-state index contributed by atoms with van der Waals surface area (Å²) in [6.45, 7) is 19.9. The van der Waals surface area contributed by atoms with Crippen LogP contribution in [0, 0.1) is 52.3 Å². The fourth-order valence-corrected chi connectivity index (χ4v) is 14.5. The van der Waals surface area contributed by atoms with E-state index in [4.69, 9.17) is 47.4 Å². The van der Waals surface area contributed by atoms with Crippen LogP contribution < -0.4 is 0 Å². The molecule has 15 heteroatoms. The van der Waals surface area contributed by atoms with Crippen molar-refractivity contribution >= 4 is 29.8 Å². The van der Waals surface area contributed by atoms with Gasteiger partial charge in [0.05, 0.1) is 18.8 Å². The molecular formula is C56H84O15.